The number of anilines is 2. The Morgan fingerprint density at radius 3 is 2.52 bits per heavy atom. The fourth-order valence-electron chi connectivity index (χ4n) is 2.34. The highest BCUT2D eigenvalue weighted by Gasteiger charge is 2.15. The first kappa shape index (κ1) is 15.6. The maximum Gasteiger partial charge on any atom is 0.152 e. The van der Waals surface area contributed by atoms with E-state index in [0.717, 1.165) is 0 Å². The van der Waals surface area contributed by atoms with Gasteiger partial charge in [-0.05, 0) is 24.3 Å². The van der Waals surface area contributed by atoms with Crippen LogP contribution in [-0.2, 0) is 0 Å². The topological polar surface area (TPSA) is 74.2 Å². The van der Waals surface area contributed by atoms with Gasteiger partial charge in [-0.15, -0.1) is 0 Å². The zero-order valence-electron chi connectivity index (χ0n) is 12.0. The number of ether oxygens (including phenoxy) is 1. The average molecular weight is 352 g/mol. The van der Waals surface area contributed by atoms with Crippen molar-refractivity contribution in [2.75, 3.05) is 18.6 Å². The van der Waals surface area contributed by atoms with Crippen LogP contribution in [0.15, 0.2) is 30.3 Å². The lowest BCUT2D eigenvalue weighted by Crippen LogP contribution is -1.98. The van der Waals surface area contributed by atoms with Gasteiger partial charge in [0.15, 0.2) is 5.82 Å². The van der Waals surface area contributed by atoms with Crippen molar-refractivity contribution < 1.29 is 9.13 Å². The number of nitrogens with zero attached hydrogens (tertiary/aromatic N) is 1. The van der Waals surface area contributed by atoms with Crippen LogP contribution in [0.3, 0.4) is 0 Å². The molecule has 0 fully saturated rings. The molecule has 0 amide bonds. The first-order valence-electron chi connectivity index (χ1n) is 6.60. The molecule has 4 nitrogen and oxygen atoms in total. The predicted octanol–water partition coefficient (Wildman–Crippen LogP) is 4.52. The number of methoxy groups -OCH3 is 1. The van der Waals surface area contributed by atoms with Gasteiger partial charge >= 0.3 is 0 Å². The van der Waals surface area contributed by atoms with Crippen LogP contribution in [0.2, 0.25) is 10.0 Å². The van der Waals surface area contributed by atoms with Crippen molar-refractivity contribution in [2.45, 2.75) is 0 Å². The molecule has 1 aromatic heterocycles. The largest absolute Gasteiger partial charge is 0.495 e. The minimum Gasteiger partial charge on any atom is -0.495 e. The molecule has 3 rings (SSSR count). The van der Waals surface area contributed by atoms with E-state index in [0.29, 0.717) is 33.7 Å². The monoisotopic (exact) mass is 351 g/mol. The number of nitrogen functional groups attached to an aromatic ring is 2. The first-order valence-corrected chi connectivity index (χ1v) is 7.35. The molecule has 0 spiro atoms. The molecule has 2 aromatic carbocycles. The van der Waals surface area contributed by atoms with E-state index in [9.17, 15) is 4.39 Å². The van der Waals surface area contributed by atoms with E-state index >= 15 is 0 Å². The van der Waals surface area contributed by atoms with Crippen LogP contribution in [0.5, 0.6) is 5.75 Å². The number of hydrogen-bond acceptors (Lipinski definition) is 4. The molecule has 0 saturated carbocycles. The molecular weight excluding hydrogens is 340 g/mol. The molecule has 0 aliphatic carbocycles. The zero-order valence-corrected chi connectivity index (χ0v) is 13.5. The summed E-state index contributed by atoms with van der Waals surface area (Å²) in [4.78, 5) is 4.43. The van der Waals surface area contributed by atoms with Gasteiger partial charge in [-0.1, -0.05) is 23.2 Å². The number of nitrogens with two attached hydrogens (primary N) is 2. The van der Waals surface area contributed by atoms with Gasteiger partial charge in [0.05, 0.1) is 34.1 Å². The molecule has 3 aromatic rings. The first-order chi connectivity index (χ1) is 10.9. The van der Waals surface area contributed by atoms with Crippen molar-refractivity contribution >= 4 is 45.5 Å². The highest BCUT2D eigenvalue weighted by atomic mass is 35.5. The van der Waals surface area contributed by atoms with Crippen LogP contribution in [0.1, 0.15) is 0 Å². The summed E-state index contributed by atoms with van der Waals surface area (Å²) in [6.45, 7) is 0. The van der Waals surface area contributed by atoms with Crippen LogP contribution in [0, 0.1) is 5.82 Å². The average Bonchev–Trinajstić information content (AvgIpc) is 2.53. The molecule has 0 aliphatic rings. The maximum atomic E-state index is 14.3. The molecule has 0 aliphatic heterocycles. The van der Waals surface area contributed by atoms with Crippen LogP contribution >= 0.6 is 23.2 Å². The van der Waals surface area contributed by atoms with Crippen molar-refractivity contribution in [3.05, 3.63) is 46.2 Å². The van der Waals surface area contributed by atoms with Crippen molar-refractivity contribution in [3.8, 4) is 17.0 Å². The summed E-state index contributed by atoms with van der Waals surface area (Å²) in [5, 5.41) is 0.642. The Labute approximate surface area is 141 Å². The molecule has 0 radical (unpaired) electrons. The Bertz CT molecular complexity index is 931. The fraction of sp³-hybridized carbons (Fsp3) is 0.0625. The third-order valence-corrected chi connectivity index (χ3v) is 4.28. The van der Waals surface area contributed by atoms with E-state index in [4.69, 9.17) is 39.4 Å². The van der Waals surface area contributed by atoms with Crippen LogP contribution in [0.25, 0.3) is 22.2 Å². The van der Waals surface area contributed by atoms with E-state index in [1.165, 1.54) is 19.2 Å². The second kappa shape index (κ2) is 5.76. The Hall–Kier alpha value is -2.24. The summed E-state index contributed by atoms with van der Waals surface area (Å²) in [6.07, 6.45) is 0. The number of benzene rings is 2. The Morgan fingerprint density at radius 2 is 1.83 bits per heavy atom. The lowest BCUT2D eigenvalue weighted by Gasteiger charge is -2.11. The van der Waals surface area contributed by atoms with Crippen molar-refractivity contribution in [1.29, 1.82) is 0 Å². The summed E-state index contributed by atoms with van der Waals surface area (Å²) in [7, 11) is 1.50. The molecule has 23 heavy (non-hydrogen) atoms. The minimum atomic E-state index is -0.646. The SMILES string of the molecule is COc1cc2nc(-c3ccc(Cl)c(Cl)c3F)cc(N)c2cc1N. The number of pyridine rings is 1. The maximum absolute atomic E-state index is 14.3. The third kappa shape index (κ3) is 2.62. The molecular formula is C16H12Cl2FN3O. The second-order valence-electron chi connectivity index (χ2n) is 4.93. The highest BCUT2D eigenvalue weighted by molar-refractivity contribution is 6.42. The van der Waals surface area contributed by atoms with E-state index in [1.54, 1.807) is 18.2 Å². The minimum absolute atomic E-state index is 0.135. The molecule has 118 valence electrons. The molecule has 1 heterocycles. The van der Waals surface area contributed by atoms with E-state index < -0.39 is 5.82 Å². The number of fused-ring (bicyclic) bond motifs is 1. The van der Waals surface area contributed by atoms with Gasteiger partial charge in [0.1, 0.15) is 5.75 Å². The van der Waals surface area contributed by atoms with Crippen LogP contribution < -0.4 is 16.2 Å². The van der Waals surface area contributed by atoms with Gasteiger partial charge in [-0.3, -0.25) is 0 Å². The number of rotatable bonds is 2. The normalized spacial score (nSPS) is 11.0. The van der Waals surface area contributed by atoms with Crippen LogP contribution in [0.4, 0.5) is 15.8 Å². The Balaban J connectivity index is 2.28. The number of aromatic nitrogens is 1. The summed E-state index contributed by atoms with van der Waals surface area (Å²) in [5.41, 5.74) is 13.9. The molecule has 4 N–H and O–H groups in total. The smallest absolute Gasteiger partial charge is 0.152 e. The summed E-state index contributed by atoms with van der Waals surface area (Å²) >= 11 is 11.7. The summed E-state index contributed by atoms with van der Waals surface area (Å²) in [5.74, 6) is -0.177. The second-order valence-corrected chi connectivity index (χ2v) is 5.72. The lowest BCUT2D eigenvalue weighted by molar-refractivity contribution is 0.417. The van der Waals surface area contributed by atoms with Gasteiger partial charge in [0.2, 0.25) is 0 Å². The van der Waals surface area contributed by atoms with E-state index in [2.05, 4.69) is 4.98 Å². The van der Waals surface area contributed by atoms with Crippen molar-refractivity contribution in [1.82, 2.24) is 4.98 Å². The quantitative estimate of drug-likeness (QED) is 0.525. The van der Waals surface area contributed by atoms with Crippen molar-refractivity contribution in [3.63, 3.8) is 0 Å². The standard InChI is InChI=1S/C16H12Cl2FN3O/c1-23-14-6-13-8(4-11(14)21)10(20)5-12(22-13)7-2-3-9(17)15(18)16(7)19/h2-6H,21H2,1H3,(H2,20,22). The van der Waals surface area contributed by atoms with Gasteiger partial charge in [-0.25, -0.2) is 9.37 Å². The van der Waals surface area contributed by atoms with Crippen molar-refractivity contribution in [2.24, 2.45) is 0 Å². The molecule has 7 heteroatoms. The molecule has 0 bridgehead atoms. The summed E-state index contributed by atoms with van der Waals surface area (Å²) < 4.78 is 19.5. The highest BCUT2D eigenvalue weighted by Crippen LogP contribution is 2.36. The fourth-order valence-corrected chi connectivity index (χ4v) is 2.65. The van der Waals surface area contributed by atoms with Gasteiger partial charge in [-0.2, -0.15) is 0 Å². The van der Waals surface area contributed by atoms with E-state index in [-0.39, 0.29) is 15.6 Å². The number of halogens is 3. The lowest BCUT2D eigenvalue weighted by atomic mass is 10.1. The predicted molar refractivity (Wildman–Crippen MR) is 92.5 cm³/mol. The Kier molecular flexibility index (Phi) is 3.92. The zero-order chi connectivity index (χ0) is 16.7. The third-order valence-electron chi connectivity index (χ3n) is 3.50. The van der Waals surface area contributed by atoms with Gasteiger partial charge < -0.3 is 16.2 Å². The number of hydrogen-bond donors (Lipinski definition) is 2. The summed E-state index contributed by atoms with van der Waals surface area (Å²) in [6, 6.07) is 7.90. The van der Waals surface area contributed by atoms with Crippen LogP contribution in [-0.4, -0.2) is 12.1 Å². The molecule has 0 saturated heterocycles. The van der Waals surface area contributed by atoms with Gasteiger partial charge in [0.25, 0.3) is 0 Å². The van der Waals surface area contributed by atoms with Gasteiger partial charge in [0, 0.05) is 22.7 Å². The Morgan fingerprint density at radius 1 is 1.09 bits per heavy atom. The molecule has 0 unspecified atom stereocenters. The van der Waals surface area contributed by atoms with E-state index in [1.807, 2.05) is 0 Å². The molecule has 0 atom stereocenters.